The number of hydrogen-bond donors (Lipinski definition) is 1. The van der Waals surface area contributed by atoms with E-state index < -0.39 is 0 Å². The van der Waals surface area contributed by atoms with Gasteiger partial charge in [-0.1, -0.05) is 25.4 Å². The van der Waals surface area contributed by atoms with Gasteiger partial charge in [-0.25, -0.2) is 9.97 Å². The maximum atomic E-state index is 5.95. The van der Waals surface area contributed by atoms with Crippen LogP contribution in [-0.2, 0) is 6.42 Å². The van der Waals surface area contributed by atoms with Crippen LogP contribution in [0.5, 0.6) is 0 Å². The van der Waals surface area contributed by atoms with Gasteiger partial charge in [0.1, 0.15) is 5.82 Å². The Bertz CT molecular complexity index is 525. The smallest absolute Gasteiger partial charge is 0.171 e. The summed E-state index contributed by atoms with van der Waals surface area (Å²) in [5.41, 5.74) is 1.04. The predicted molar refractivity (Wildman–Crippen MR) is 78.5 cm³/mol. The average molecular weight is 282 g/mol. The molecular weight excluding hydrogens is 266 g/mol. The van der Waals surface area contributed by atoms with Crippen LogP contribution in [-0.4, -0.2) is 16.5 Å². The lowest BCUT2D eigenvalue weighted by Crippen LogP contribution is -2.05. The zero-order chi connectivity index (χ0) is 13.0. The zero-order valence-corrected chi connectivity index (χ0v) is 12.1. The van der Waals surface area contributed by atoms with Crippen LogP contribution in [0.25, 0.3) is 10.7 Å². The molecule has 1 N–H and O–H groups in total. The first-order valence-electron chi connectivity index (χ1n) is 6.10. The van der Waals surface area contributed by atoms with Crippen molar-refractivity contribution in [2.75, 3.05) is 11.9 Å². The fourth-order valence-electron chi connectivity index (χ4n) is 1.57. The minimum Gasteiger partial charge on any atom is -0.370 e. The highest BCUT2D eigenvalue weighted by Gasteiger charge is 2.08. The van der Waals surface area contributed by atoms with Gasteiger partial charge in [0.2, 0.25) is 0 Å². The normalized spacial score (nSPS) is 10.6. The molecule has 0 saturated heterocycles. The highest BCUT2D eigenvalue weighted by Crippen LogP contribution is 2.29. The molecule has 0 bridgehead atoms. The Hall–Kier alpha value is -1.13. The lowest BCUT2D eigenvalue weighted by molar-refractivity contribution is 0.952. The van der Waals surface area contributed by atoms with Crippen molar-refractivity contribution in [3.05, 3.63) is 28.2 Å². The van der Waals surface area contributed by atoms with E-state index >= 15 is 0 Å². The lowest BCUT2D eigenvalue weighted by atomic mass is 10.3. The van der Waals surface area contributed by atoms with Gasteiger partial charge in [0.05, 0.1) is 9.21 Å². The Labute approximate surface area is 116 Å². The van der Waals surface area contributed by atoms with Gasteiger partial charge in [0.25, 0.3) is 0 Å². The zero-order valence-electron chi connectivity index (χ0n) is 10.5. The summed E-state index contributed by atoms with van der Waals surface area (Å²) in [7, 11) is 0. The Morgan fingerprint density at radius 1 is 1.28 bits per heavy atom. The third kappa shape index (κ3) is 3.21. The predicted octanol–water partition coefficient (Wildman–Crippen LogP) is 4.24. The molecule has 0 aromatic carbocycles. The van der Waals surface area contributed by atoms with Crippen LogP contribution < -0.4 is 5.32 Å². The molecule has 3 nitrogen and oxygen atoms in total. The van der Waals surface area contributed by atoms with E-state index in [1.807, 2.05) is 18.2 Å². The maximum absolute atomic E-state index is 5.95. The van der Waals surface area contributed by atoms with Gasteiger partial charge in [-0.3, -0.25) is 0 Å². The van der Waals surface area contributed by atoms with Crippen molar-refractivity contribution in [3.8, 4) is 10.7 Å². The molecule has 0 aliphatic rings. The number of aromatic nitrogens is 2. The molecule has 0 spiro atoms. The summed E-state index contributed by atoms with van der Waals surface area (Å²) < 4.78 is 0.763. The summed E-state index contributed by atoms with van der Waals surface area (Å²) in [4.78, 5) is 10.1. The molecular formula is C13H16ClN3S. The van der Waals surface area contributed by atoms with E-state index in [1.165, 1.54) is 11.3 Å². The number of anilines is 1. The fraction of sp³-hybridized carbons (Fsp3) is 0.385. The van der Waals surface area contributed by atoms with Crippen LogP contribution in [0.15, 0.2) is 18.2 Å². The monoisotopic (exact) mass is 281 g/mol. The topological polar surface area (TPSA) is 37.8 Å². The van der Waals surface area contributed by atoms with Crippen LogP contribution in [0, 0.1) is 0 Å². The molecule has 0 fully saturated rings. The summed E-state index contributed by atoms with van der Waals surface area (Å²) in [6.07, 6.45) is 1.97. The molecule has 0 radical (unpaired) electrons. The first kappa shape index (κ1) is 13.3. The number of aryl methyl sites for hydroxylation is 1. The largest absolute Gasteiger partial charge is 0.370 e. The number of rotatable bonds is 5. The molecule has 0 unspecified atom stereocenters. The van der Waals surface area contributed by atoms with Crippen molar-refractivity contribution in [1.82, 2.24) is 9.97 Å². The summed E-state index contributed by atoms with van der Waals surface area (Å²) in [5, 5.41) is 3.31. The molecule has 2 rings (SSSR count). The summed E-state index contributed by atoms with van der Waals surface area (Å²) >= 11 is 7.46. The average Bonchev–Trinajstić information content (AvgIpc) is 2.82. The van der Waals surface area contributed by atoms with Crippen LogP contribution in [0.4, 0.5) is 5.82 Å². The van der Waals surface area contributed by atoms with Gasteiger partial charge < -0.3 is 5.32 Å². The first-order chi connectivity index (χ1) is 8.72. The molecule has 2 aromatic rings. The molecule has 0 aliphatic heterocycles. The quantitative estimate of drug-likeness (QED) is 0.891. The number of nitrogens with one attached hydrogen (secondary N) is 1. The highest BCUT2D eigenvalue weighted by atomic mass is 35.5. The molecule has 0 aliphatic carbocycles. The van der Waals surface area contributed by atoms with E-state index in [0.29, 0.717) is 0 Å². The van der Waals surface area contributed by atoms with Crippen LogP contribution in [0.1, 0.15) is 26.0 Å². The Balaban J connectivity index is 2.34. The number of nitrogens with zero attached hydrogens (tertiary/aromatic N) is 2. The first-order valence-corrected chi connectivity index (χ1v) is 7.30. The summed E-state index contributed by atoms with van der Waals surface area (Å²) in [6, 6.07) is 5.85. The third-order valence-electron chi connectivity index (χ3n) is 2.49. The molecule has 2 aromatic heterocycles. The lowest BCUT2D eigenvalue weighted by Gasteiger charge is -2.07. The maximum Gasteiger partial charge on any atom is 0.171 e. The highest BCUT2D eigenvalue weighted by molar-refractivity contribution is 7.19. The minimum atomic E-state index is 0.754. The molecule has 5 heteroatoms. The third-order valence-corrected chi connectivity index (χ3v) is 3.72. The molecule has 18 heavy (non-hydrogen) atoms. The minimum absolute atomic E-state index is 0.754. The number of thiophene rings is 1. The second-order valence-electron chi connectivity index (χ2n) is 3.95. The molecule has 0 amide bonds. The van der Waals surface area contributed by atoms with Crippen molar-refractivity contribution in [1.29, 1.82) is 0 Å². The Morgan fingerprint density at radius 3 is 2.72 bits per heavy atom. The molecule has 0 atom stereocenters. The summed E-state index contributed by atoms with van der Waals surface area (Å²) in [5.74, 6) is 1.65. The van der Waals surface area contributed by atoms with Gasteiger partial charge in [0.15, 0.2) is 5.82 Å². The number of halogens is 1. The van der Waals surface area contributed by atoms with Gasteiger partial charge in [-0.2, -0.15) is 0 Å². The molecule has 2 heterocycles. The van der Waals surface area contributed by atoms with Crippen molar-refractivity contribution >= 4 is 28.8 Å². The van der Waals surface area contributed by atoms with E-state index in [9.17, 15) is 0 Å². The van der Waals surface area contributed by atoms with Gasteiger partial charge in [0, 0.05) is 18.3 Å². The second kappa shape index (κ2) is 6.16. The van der Waals surface area contributed by atoms with Crippen molar-refractivity contribution in [3.63, 3.8) is 0 Å². The standard InChI is InChI=1S/C13H16ClN3S/c1-3-7-15-12-8-9(4-2)16-13(17-12)10-5-6-11(14)18-10/h5-6,8H,3-4,7H2,1-2H3,(H,15,16,17). The second-order valence-corrected chi connectivity index (χ2v) is 5.67. The van der Waals surface area contributed by atoms with Gasteiger partial charge >= 0.3 is 0 Å². The van der Waals surface area contributed by atoms with E-state index in [1.54, 1.807) is 0 Å². The summed E-state index contributed by atoms with van der Waals surface area (Å²) in [6.45, 7) is 5.15. The van der Waals surface area contributed by atoms with E-state index in [4.69, 9.17) is 11.6 Å². The van der Waals surface area contributed by atoms with Crippen LogP contribution in [0.3, 0.4) is 0 Å². The van der Waals surface area contributed by atoms with Gasteiger partial charge in [-0.15, -0.1) is 11.3 Å². The molecule has 0 saturated carbocycles. The van der Waals surface area contributed by atoms with E-state index in [0.717, 1.165) is 45.9 Å². The van der Waals surface area contributed by atoms with E-state index in [-0.39, 0.29) is 0 Å². The van der Waals surface area contributed by atoms with E-state index in [2.05, 4.69) is 29.1 Å². The van der Waals surface area contributed by atoms with Gasteiger partial charge in [-0.05, 0) is 25.0 Å². The Morgan fingerprint density at radius 2 is 2.11 bits per heavy atom. The Kier molecular flexibility index (Phi) is 4.55. The fourth-order valence-corrected chi connectivity index (χ4v) is 2.54. The van der Waals surface area contributed by atoms with Crippen LogP contribution in [0.2, 0.25) is 4.34 Å². The molecule has 96 valence electrons. The SMILES string of the molecule is CCCNc1cc(CC)nc(-c2ccc(Cl)s2)n1. The van der Waals surface area contributed by atoms with Crippen molar-refractivity contribution in [2.24, 2.45) is 0 Å². The van der Waals surface area contributed by atoms with Crippen LogP contribution >= 0.6 is 22.9 Å². The van der Waals surface area contributed by atoms with Crippen molar-refractivity contribution in [2.45, 2.75) is 26.7 Å². The van der Waals surface area contributed by atoms with Crippen molar-refractivity contribution < 1.29 is 0 Å². The number of hydrogen-bond acceptors (Lipinski definition) is 4.